The van der Waals surface area contributed by atoms with Crippen LogP contribution in [0.4, 0.5) is 0 Å². The number of amides is 1. The van der Waals surface area contributed by atoms with E-state index in [0.29, 0.717) is 19.5 Å². The summed E-state index contributed by atoms with van der Waals surface area (Å²) in [4.78, 5) is 31.2. The summed E-state index contributed by atoms with van der Waals surface area (Å²) in [6.45, 7) is 2.88. The lowest BCUT2D eigenvalue weighted by Crippen LogP contribution is -2.42. The molecule has 28 heavy (non-hydrogen) atoms. The minimum Gasteiger partial charge on any atom is -0.453 e. The zero-order valence-electron chi connectivity index (χ0n) is 15.8. The van der Waals surface area contributed by atoms with Crippen LogP contribution in [0.15, 0.2) is 48.5 Å². The summed E-state index contributed by atoms with van der Waals surface area (Å²) in [6, 6.07) is 16.1. The van der Waals surface area contributed by atoms with Gasteiger partial charge in [0.2, 0.25) is 0 Å². The molecule has 0 N–H and O–H groups in total. The summed E-state index contributed by atoms with van der Waals surface area (Å²) in [7, 11) is 0. The number of fused-ring (bicyclic) bond motifs is 2. The van der Waals surface area contributed by atoms with Crippen molar-refractivity contribution < 1.29 is 14.3 Å². The second-order valence-electron chi connectivity index (χ2n) is 6.99. The Morgan fingerprint density at radius 2 is 1.89 bits per heavy atom. The predicted octanol–water partition coefficient (Wildman–Crippen LogP) is 3.75. The van der Waals surface area contributed by atoms with E-state index in [-0.39, 0.29) is 18.3 Å². The van der Waals surface area contributed by atoms with Crippen molar-refractivity contribution in [2.45, 2.75) is 38.8 Å². The van der Waals surface area contributed by atoms with Crippen LogP contribution in [-0.4, -0.2) is 34.4 Å². The van der Waals surface area contributed by atoms with Gasteiger partial charge >= 0.3 is 5.97 Å². The number of benzene rings is 2. The minimum absolute atomic E-state index is 0.136. The van der Waals surface area contributed by atoms with Crippen LogP contribution in [0.5, 0.6) is 0 Å². The highest BCUT2D eigenvalue weighted by Gasteiger charge is 2.26. The molecule has 2 heterocycles. The van der Waals surface area contributed by atoms with Gasteiger partial charge in [0.15, 0.2) is 6.10 Å². The fourth-order valence-electron chi connectivity index (χ4n) is 3.48. The topological polar surface area (TPSA) is 59.5 Å². The Hall–Kier alpha value is -2.73. The highest BCUT2D eigenvalue weighted by molar-refractivity contribution is 7.18. The molecule has 6 heteroatoms. The summed E-state index contributed by atoms with van der Waals surface area (Å²) in [6.07, 6.45) is 0.810. The van der Waals surface area contributed by atoms with Gasteiger partial charge < -0.3 is 9.64 Å². The third kappa shape index (κ3) is 4.07. The average molecular weight is 394 g/mol. The molecular weight excluding hydrogens is 372 g/mol. The fraction of sp³-hybridized carbons (Fsp3) is 0.318. The van der Waals surface area contributed by atoms with E-state index in [0.717, 1.165) is 27.2 Å². The van der Waals surface area contributed by atoms with Crippen molar-refractivity contribution in [3.8, 4) is 0 Å². The summed E-state index contributed by atoms with van der Waals surface area (Å²) >= 11 is 1.59. The summed E-state index contributed by atoms with van der Waals surface area (Å²) < 4.78 is 6.51. The van der Waals surface area contributed by atoms with Crippen LogP contribution in [0.25, 0.3) is 10.2 Å². The third-order valence-electron chi connectivity index (χ3n) is 4.98. The van der Waals surface area contributed by atoms with E-state index in [4.69, 9.17) is 4.74 Å². The van der Waals surface area contributed by atoms with Crippen LogP contribution in [-0.2, 0) is 33.7 Å². The van der Waals surface area contributed by atoms with Gasteiger partial charge in [-0.15, -0.1) is 11.3 Å². The molecule has 1 aliphatic heterocycles. The average Bonchev–Trinajstić information content (AvgIpc) is 3.14. The van der Waals surface area contributed by atoms with Crippen LogP contribution in [0.2, 0.25) is 0 Å². The maximum absolute atomic E-state index is 12.7. The number of carbonyl (C=O) groups is 2. The molecule has 1 atom stereocenters. The number of ether oxygens (including phenoxy) is 1. The van der Waals surface area contributed by atoms with Crippen molar-refractivity contribution in [3.63, 3.8) is 0 Å². The molecule has 0 aliphatic carbocycles. The number of thiazole rings is 1. The van der Waals surface area contributed by atoms with E-state index in [2.05, 4.69) is 11.1 Å². The summed E-state index contributed by atoms with van der Waals surface area (Å²) in [5.74, 6) is -0.500. The lowest BCUT2D eigenvalue weighted by atomic mass is 9.99. The normalized spacial score (nSPS) is 14.5. The number of para-hydroxylation sites is 1. The Kier molecular flexibility index (Phi) is 5.39. The minimum atomic E-state index is -0.770. The molecule has 2 aromatic carbocycles. The van der Waals surface area contributed by atoms with Crippen LogP contribution >= 0.6 is 11.3 Å². The molecule has 144 valence electrons. The van der Waals surface area contributed by atoms with Crippen LogP contribution < -0.4 is 0 Å². The van der Waals surface area contributed by atoms with Crippen molar-refractivity contribution in [2.24, 2.45) is 0 Å². The molecule has 0 saturated carbocycles. The molecule has 1 aliphatic rings. The highest BCUT2D eigenvalue weighted by atomic mass is 32.1. The zero-order chi connectivity index (χ0) is 19.5. The first-order chi connectivity index (χ1) is 13.6. The van der Waals surface area contributed by atoms with Crippen LogP contribution in [0.3, 0.4) is 0 Å². The molecule has 1 amide bonds. The van der Waals surface area contributed by atoms with Gasteiger partial charge in [0.05, 0.1) is 21.6 Å². The van der Waals surface area contributed by atoms with Gasteiger partial charge in [-0.2, -0.15) is 0 Å². The predicted molar refractivity (Wildman–Crippen MR) is 109 cm³/mol. The van der Waals surface area contributed by atoms with E-state index >= 15 is 0 Å². The second kappa shape index (κ2) is 8.10. The molecule has 0 spiro atoms. The Morgan fingerprint density at radius 3 is 2.71 bits per heavy atom. The molecule has 0 saturated heterocycles. The first-order valence-electron chi connectivity index (χ1n) is 9.49. The molecule has 0 radical (unpaired) electrons. The summed E-state index contributed by atoms with van der Waals surface area (Å²) in [5, 5.41) is 0.907. The zero-order valence-corrected chi connectivity index (χ0v) is 16.6. The van der Waals surface area contributed by atoms with Crippen molar-refractivity contribution in [2.75, 3.05) is 6.54 Å². The van der Waals surface area contributed by atoms with Gasteiger partial charge in [0.25, 0.3) is 5.91 Å². The number of aryl methyl sites for hydroxylation is 1. The molecule has 1 aromatic heterocycles. The maximum atomic E-state index is 12.7. The smallest absolute Gasteiger partial charge is 0.306 e. The standard InChI is InChI=1S/C22H22N2O3S/c1-15(22(26)24-13-12-16-6-2-3-7-17(16)14-24)27-21(25)11-10-20-23-18-8-4-5-9-19(18)28-20/h2-9,15H,10-14H2,1H3/t15-/m0/s1. The van der Waals surface area contributed by atoms with E-state index in [1.54, 1.807) is 23.2 Å². The fourth-order valence-corrected chi connectivity index (χ4v) is 4.45. The highest BCUT2D eigenvalue weighted by Crippen LogP contribution is 2.23. The molecule has 0 bridgehead atoms. The molecule has 0 unspecified atom stereocenters. The SMILES string of the molecule is C[C@H](OC(=O)CCc1nc2ccccc2s1)C(=O)N1CCc2ccccc2C1. The Labute approximate surface area is 168 Å². The second-order valence-corrected chi connectivity index (χ2v) is 8.10. The first kappa shape index (κ1) is 18.6. The van der Waals surface area contributed by atoms with Crippen LogP contribution in [0, 0.1) is 0 Å². The molecule has 5 nitrogen and oxygen atoms in total. The number of rotatable bonds is 5. The number of aromatic nitrogens is 1. The third-order valence-corrected chi connectivity index (χ3v) is 6.08. The number of carbonyl (C=O) groups excluding carboxylic acids is 2. The Morgan fingerprint density at radius 1 is 1.14 bits per heavy atom. The van der Waals surface area contributed by atoms with Crippen LogP contribution in [0.1, 0.15) is 29.5 Å². The van der Waals surface area contributed by atoms with Crippen molar-refractivity contribution in [1.82, 2.24) is 9.88 Å². The van der Waals surface area contributed by atoms with Crippen molar-refractivity contribution in [1.29, 1.82) is 0 Å². The quantitative estimate of drug-likeness (QED) is 0.619. The molecule has 4 rings (SSSR count). The van der Waals surface area contributed by atoms with Gasteiger partial charge in [-0.1, -0.05) is 36.4 Å². The van der Waals surface area contributed by atoms with Gasteiger partial charge in [0, 0.05) is 19.5 Å². The van der Waals surface area contributed by atoms with E-state index < -0.39 is 6.10 Å². The summed E-state index contributed by atoms with van der Waals surface area (Å²) in [5.41, 5.74) is 3.40. The molecule has 3 aromatic rings. The van der Waals surface area contributed by atoms with Crippen molar-refractivity contribution >= 4 is 33.4 Å². The molecule has 0 fully saturated rings. The van der Waals surface area contributed by atoms with Gasteiger partial charge in [-0.3, -0.25) is 9.59 Å². The lowest BCUT2D eigenvalue weighted by molar-refractivity contribution is -0.159. The van der Waals surface area contributed by atoms with E-state index in [1.807, 2.05) is 42.5 Å². The largest absolute Gasteiger partial charge is 0.453 e. The van der Waals surface area contributed by atoms with Gasteiger partial charge in [-0.25, -0.2) is 4.98 Å². The number of nitrogens with zero attached hydrogens (tertiary/aromatic N) is 2. The number of hydrogen-bond acceptors (Lipinski definition) is 5. The monoisotopic (exact) mass is 394 g/mol. The van der Waals surface area contributed by atoms with Gasteiger partial charge in [-0.05, 0) is 36.6 Å². The Bertz CT molecular complexity index is 981. The van der Waals surface area contributed by atoms with E-state index in [9.17, 15) is 9.59 Å². The van der Waals surface area contributed by atoms with E-state index in [1.165, 1.54) is 5.56 Å². The maximum Gasteiger partial charge on any atom is 0.306 e. The lowest BCUT2D eigenvalue weighted by Gasteiger charge is -2.30. The van der Waals surface area contributed by atoms with Gasteiger partial charge in [0.1, 0.15) is 0 Å². The number of hydrogen-bond donors (Lipinski definition) is 0. The Balaban J connectivity index is 1.29. The molecular formula is C22H22N2O3S. The number of esters is 1. The first-order valence-corrected chi connectivity index (χ1v) is 10.3. The van der Waals surface area contributed by atoms with Crippen molar-refractivity contribution in [3.05, 3.63) is 64.7 Å².